The lowest BCUT2D eigenvalue weighted by Crippen LogP contribution is -2.78. The zero-order valence-corrected chi connectivity index (χ0v) is 26.1. The third-order valence-corrected chi connectivity index (χ3v) is 10.9. The van der Waals surface area contributed by atoms with Crippen LogP contribution in [-0.4, -0.2) is 154 Å². The third kappa shape index (κ3) is 8.38. The maximum absolute atomic E-state index is 15.1. The summed E-state index contributed by atoms with van der Waals surface area (Å²) in [6.45, 7) is 5.87. The quantitative estimate of drug-likeness (QED) is 0.120. The summed E-state index contributed by atoms with van der Waals surface area (Å²) >= 11 is 6.16. The topological polar surface area (TPSA) is 141 Å². The van der Waals surface area contributed by atoms with Crippen molar-refractivity contribution in [2.75, 3.05) is 65.6 Å². The molecule has 1 spiro atoms. The second kappa shape index (κ2) is 15.3. The van der Waals surface area contributed by atoms with Crippen LogP contribution in [0.25, 0.3) is 0 Å². The Balaban J connectivity index is 0.932. The minimum atomic E-state index is -1.42. The molecule has 3 unspecified atom stereocenters. The van der Waals surface area contributed by atoms with E-state index in [1.807, 2.05) is 9.80 Å². The van der Waals surface area contributed by atoms with Crippen molar-refractivity contribution >= 4 is 17.5 Å². The SMILES string of the molecule is O=C(CC1CCC(OCCCC2CCN(C3NCC(Cl)CN3)CC2)CC1F)N1CCC12CN(C[C@H](O)[C@H](O)[C@H](O)CO)C2. The monoisotopic (exact) mass is 633 g/mol. The fourth-order valence-corrected chi connectivity index (χ4v) is 7.95. The molecule has 5 aliphatic rings. The van der Waals surface area contributed by atoms with Gasteiger partial charge < -0.3 is 30.1 Å². The molecule has 4 saturated heterocycles. The number of nitrogens with one attached hydrogen (secondary N) is 2. The number of piperidine rings is 1. The molecule has 4 heterocycles. The molecule has 43 heavy (non-hydrogen) atoms. The summed E-state index contributed by atoms with van der Waals surface area (Å²) in [5, 5.41) is 45.6. The number of rotatable bonds is 13. The first-order chi connectivity index (χ1) is 20.7. The molecule has 11 nitrogen and oxygen atoms in total. The second-order valence-electron chi connectivity index (χ2n) is 13.7. The number of aliphatic hydroxyl groups excluding tert-OH is 4. The van der Waals surface area contributed by atoms with Crippen molar-refractivity contribution < 1.29 is 34.3 Å². The Bertz CT molecular complexity index is 889. The van der Waals surface area contributed by atoms with Crippen LogP contribution < -0.4 is 10.6 Å². The molecule has 4 aliphatic heterocycles. The van der Waals surface area contributed by atoms with Crippen LogP contribution in [0.15, 0.2) is 0 Å². The molecule has 0 aromatic carbocycles. The maximum Gasteiger partial charge on any atom is 0.223 e. The fraction of sp³-hybridized carbons (Fsp3) is 0.967. The van der Waals surface area contributed by atoms with Crippen molar-refractivity contribution in [3.05, 3.63) is 0 Å². The Morgan fingerprint density at radius 3 is 2.40 bits per heavy atom. The van der Waals surface area contributed by atoms with Gasteiger partial charge in [-0.2, -0.15) is 0 Å². The molecule has 1 aliphatic carbocycles. The molecule has 0 radical (unpaired) electrons. The van der Waals surface area contributed by atoms with E-state index in [2.05, 4.69) is 15.5 Å². The fourth-order valence-electron chi connectivity index (χ4n) is 7.77. The molecule has 0 aromatic heterocycles. The van der Waals surface area contributed by atoms with E-state index in [0.717, 1.165) is 51.9 Å². The number of β-amino-alcohol motifs (C(OH)–C–C–N with tert-alkyl or cyclic N) is 1. The average Bonchev–Trinajstić information content (AvgIpc) is 2.97. The van der Waals surface area contributed by atoms with Crippen LogP contribution in [0.5, 0.6) is 0 Å². The van der Waals surface area contributed by atoms with Gasteiger partial charge in [-0.1, -0.05) is 0 Å². The highest BCUT2D eigenvalue weighted by Crippen LogP contribution is 2.41. The Labute approximate surface area is 260 Å². The number of halogens is 2. The molecule has 0 bridgehead atoms. The van der Waals surface area contributed by atoms with Crippen molar-refractivity contribution in [1.29, 1.82) is 0 Å². The van der Waals surface area contributed by atoms with E-state index in [9.17, 15) is 20.1 Å². The molecule has 248 valence electrons. The van der Waals surface area contributed by atoms with E-state index >= 15 is 4.39 Å². The summed E-state index contributed by atoms with van der Waals surface area (Å²) in [6.07, 6.45) is 2.54. The lowest BCUT2D eigenvalue weighted by atomic mass is 9.76. The molecule has 1 saturated carbocycles. The Morgan fingerprint density at radius 1 is 1.05 bits per heavy atom. The predicted octanol–water partition coefficient (Wildman–Crippen LogP) is -0.162. The van der Waals surface area contributed by atoms with Crippen LogP contribution in [0.1, 0.15) is 57.8 Å². The molecular weight excluding hydrogens is 581 g/mol. The highest BCUT2D eigenvalue weighted by Gasteiger charge is 2.55. The van der Waals surface area contributed by atoms with E-state index in [-0.39, 0.29) is 48.1 Å². The van der Waals surface area contributed by atoms with E-state index in [1.54, 1.807) is 0 Å². The average molecular weight is 634 g/mol. The lowest BCUT2D eigenvalue weighted by Gasteiger charge is -2.63. The van der Waals surface area contributed by atoms with Crippen LogP contribution in [0.3, 0.4) is 0 Å². The Morgan fingerprint density at radius 2 is 1.77 bits per heavy atom. The molecule has 6 atom stereocenters. The number of amides is 1. The van der Waals surface area contributed by atoms with Gasteiger partial charge in [0.25, 0.3) is 0 Å². The van der Waals surface area contributed by atoms with Crippen molar-refractivity contribution in [2.45, 2.75) is 106 Å². The summed E-state index contributed by atoms with van der Waals surface area (Å²) < 4.78 is 21.2. The van der Waals surface area contributed by atoms with Crippen LogP contribution in [0, 0.1) is 11.8 Å². The summed E-state index contributed by atoms with van der Waals surface area (Å²) in [5.74, 6) is 0.438. The molecule has 13 heteroatoms. The zero-order valence-electron chi connectivity index (χ0n) is 25.3. The summed E-state index contributed by atoms with van der Waals surface area (Å²) in [7, 11) is 0. The number of nitrogens with zero attached hydrogens (tertiary/aromatic N) is 3. The van der Waals surface area contributed by atoms with E-state index in [0.29, 0.717) is 45.0 Å². The van der Waals surface area contributed by atoms with Crippen LogP contribution in [-0.2, 0) is 9.53 Å². The smallest absolute Gasteiger partial charge is 0.223 e. The number of carbonyl (C=O) groups excluding carboxylic acids is 1. The normalized spacial score (nSPS) is 34.4. The molecule has 0 aromatic rings. The van der Waals surface area contributed by atoms with Crippen molar-refractivity contribution in [3.8, 4) is 0 Å². The number of hydrogen-bond acceptors (Lipinski definition) is 10. The van der Waals surface area contributed by atoms with Gasteiger partial charge in [0.2, 0.25) is 5.91 Å². The molecule has 5 fully saturated rings. The molecule has 1 amide bonds. The van der Waals surface area contributed by atoms with Gasteiger partial charge in [-0.05, 0) is 56.8 Å². The number of likely N-dealkylation sites (tertiary alicyclic amines) is 3. The van der Waals surface area contributed by atoms with Gasteiger partial charge in [0, 0.05) is 71.8 Å². The van der Waals surface area contributed by atoms with Gasteiger partial charge in [-0.25, -0.2) is 4.39 Å². The first-order valence-electron chi connectivity index (χ1n) is 16.5. The number of aliphatic hydroxyl groups is 4. The third-order valence-electron chi connectivity index (χ3n) is 10.6. The lowest BCUT2D eigenvalue weighted by molar-refractivity contribution is -0.173. The minimum absolute atomic E-state index is 0.00135. The zero-order chi connectivity index (χ0) is 30.6. The van der Waals surface area contributed by atoms with Crippen molar-refractivity contribution in [1.82, 2.24) is 25.3 Å². The van der Waals surface area contributed by atoms with Crippen LogP contribution >= 0.6 is 11.6 Å². The van der Waals surface area contributed by atoms with Crippen LogP contribution in [0.2, 0.25) is 0 Å². The second-order valence-corrected chi connectivity index (χ2v) is 14.3. The van der Waals surface area contributed by atoms with Crippen molar-refractivity contribution in [2.24, 2.45) is 11.8 Å². The highest BCUT2D eigenvalue weighted by atomic mass is 35.5. The van der Waals surface area contributed by atoms with Gasteiger partial charge in [-0.3, -0.25) is 25.2 Å². The first kappa shape index (κ1) is 33.7. The predicted molar refractivity (Wildman–Crippen MR) is 160 cm³/mol. The first-order valence-corrected chi connectivity index (χ1v) is 16.9. The highest BCUT2D eigenvalue weighted by molar-refractivity contribution is 6.21. The van der Waals surface area contributed by atoms with Gasteiger partial charge in [-0.15, -0.1) is 11.6 Å². The summed E-state index contributed by atoms with van der Waals surface area (Å²) in [6, 6.07) is 0. The molecule has 6 N–H and O–H groups in total. The number of alkyl halides is 2. The summed E-state index contributed by atoms with van der Waals surface area (Å²) in [5.41, 5.74) is -0.266. The van der Waals surface area contributed by atoms with Gasteiger partial charge in [0.05, 0.1) is 29.7 Å². The van der Waals surface area contributed by atoms with Crippen LogP contribution in [0.4, 0.5) is 4.39 Å². The number of carbonyl (C=O) groups is 1. The minimum Gasteiger partial charge on any atom is -0.394 e. The summed E-state index contributed by atoms with van der Waals surface area (Å²) in [4.78, 5) is 19.4. The Kier molecular flexibility index (Phi) is 12.0. The maximum atomic E-state index is 15.1. The molecular formula is C30H53ClFN5O6. The largest absolute Gasteiger partial charge is 0.394 e. The van der Waals surface area contributed by atoms with Crippen molar-refractivity contribution in [3.63, 3.8) is 0 Å². The Hall–Kier alpha value is -0.670. The number of ether oxygens (including phenoxy) is 1. The van der Waals surface area contributed by atoms with E-state index in [1.165, 1.54) is 12.8 Å². The standard InChI is InChI=1S/C30H53ClFN5O6/c31-22-14-33-29(34-15-22)36-8-5-20(6-9-36)2-1-11-43-23-4-3-21(24(32)13-23)12-27(41)37-10-7-30(37)18-35(19-30)16-25(39)28(42)26(40)17-38/h20-26,28-29,33-34,38-40,42H,1-19H2/t21?,22?,23?,24?,25-,26+,28-,29?/m0/s1. The van der Waals surface area contributed by atoms with Gasteiger partial charge >= 0.3 is 0 Å². The molecule has 5 rings (SSSR count). The van der Waals surface area contributed by atoms with Gasteiger partial charge in [0.1, 0.15) is 24.7 Å². The number of hydrogen-bond donors (Lipinski definition) is 6. The van der Waals surface area contributed by atoms with E-state index in [4.69, 9.17) is 21.4 Å². The van der Waals surface area contributed by atoms with Gasteiger partial charge in [0.15, 0.2) is 0 Å². The van der Waals surface area contributed by atoms with E-state index < -0.39 is 31.1 Å².